The van der Waals surface area contributed by atoms with Crippen LogP contribution in [-0.4, -0.2) is 0 Å². The summed E-state index contributed by atoms with van der Waals surface area (Å²) in [4.78, 5) is 0. The smallest absolute Gasteiger partial charge is 0.124 e. The number of halogens is 3. The quantitative estimate of drug-likeness (QED) is 0.534. The van der Waals surface area contributed by atoms with Crippen LogP contribution < -0.4 is 10.1 Å². The molecule has 0 bridgehead atoms. The maximum Gasteiger partial charge on any atom is 0.124 e. The Labute approximate surface area is 162 Å². The molecule has 0 saturated carbocycles. The first-order valence-electron chi connectivity index (χ1n) is 8.21. The van der Waals surface area contributed by atoms with Gasteiger partial charge >= 0.3 is 0 Å². The Balaban J connectivity index is 1.65. The predicted octanol–water partition coefficient (Wildman–Crippen LogP) is 6.00. The molecular formula is C21H18Cl2FNO. The Kier molecular flexibility index (Phi) is 6.51. The molecule has 1 N–H and O–H groups in total. The van der Waals surface area contributed by atoms with E-state index in [0.29, 0.717) is 16.6 Å². The second-order valence-electron chi connectivity index (χ2n) is 5.87. The van der Waals surface area contributed by atoms with Gasteiger partial charge in [0.25, 0.3) is 0 Å². The monoisotopic (exact) mass is 389 g/mol. The van der Waals surface area contributed by atoms with E-state index in [1.807, 2.05) is 30.3 Å². The molecule has 134 valence electrons. The average molecular weight is 390 g/mol. The Morgan fingerprint density at radius 1 is 0.846 bits per heavy atom. The first-order valence-corrected chi connectivity index (χ1v) is 8.97. The minimum Gasteiger partial charge on any atom is -0.489 e. The van der Waals surface area contributed by atoms with Crippen molar-refractivity contribution in [2.75, 3.05) is 0 Å². The number of hydrogen-bond acceptors (Lipinski definition) is 2. The normalized spacial score (nSPS) is 10.7. The zero-order valence-electron chi connectivity index (χ0n) is 14.0. The first-order chi connectivity index (χ1) is 12.6. The van der Waals surface area contributed by atoms with E-state index in [0.717, 1.165) is 23.4 Å². The van der Waals surface area contributed by atoms with Crippen LogP contribution in [0.1, 0.15) is 16.7 Å². The van der Waals surface area contributed by atoms with E-state index in [2.05, 4.69) is 17.4 Å². The molecule has 0 aliphatic rings. The molecule has 0 unspecified atom stereocenters. The van der Waals surface area contributed by atoms with Crippen LogP contribution in [0.4, 0.5) is 4.39 Å². The van der Waals surface area contributed by atoms with Crippen molar-refractivity contribution < 1.29 is 9.13 Å². The van der Waals surface area contributed by atoms with Gasteiger partial charge in [-0.1, -0.05) is 59.6 Å². The third-order valence-electron chi connectivity index (χ3n) is 3.91. The number of hydrogen-bond donors (Lipinski definition) is 1. The van der Waals surface area contributed by atoms with Gasteiger partial charge < -0.3 is 10.1 Å². The van der Waals surface area contributed by atoms with E-state index in [1.54, 1.807) is 12.1 Å². The van der Waals surface area contributed by atoms with Crippen molar-refractivity contribution in [3.05, 3.63) is 99.3 Å². The van der Waals surface area contributed by atoms with Crippen molar-refractivity contribution in [1.29, 1.82) is 0 Å². The van der Waals surface area contributed by atoms with Crippen molar-refractivity contribution >= 4 is 23.2 Å². The zero-order valence-corrected chi connectivity index (χ0v) is 15.5. The molecule has 0 amide bonds. The fourth-order valence-corrected chi connectivity index (χ4v) is 2.98. The standard InChI is InChI=1S/C21H18Cl2FNO/c22-18-7-9-21(26-14-16-6-8-19(24)11-20(16)23)17(10-18)13-25-12-15-4-2-1-3-5-15/h1-11,25H,12-14H2. The molecule has 26 heavy (non-hydrogen) atoms. The molecule has 5 heteroatoms. The summed E-state index contributed by atoms with van der Waals surface area (Å²) in [6.07, 6.45) is 0. The molecule has 0 aromatic heterocycles. The Morgan fingerprint density at radius 2 is 1.65 bits per heavy atom. The lowest BCUT2D eigenvalue weighted by Crippen LogP contribution is -2.13. The molecule has 0 aliphatic heterocycles. The summed E-state index contributed by atoms with van der Waals surface area (Å²) in [5.74, 6) is 0.353. The van der Waals surface area contributed by atoms with E-state index in [1.165, 1.54) is 17.7 Å². The number of rotatable bonds is 7. The van der Waals surface area contributed by atoms with Gasteiger partial charge in [0.05, 0.1) is 5.02 Å². The molecule has 0 radical (unpaired) electrons. The minimum absolute atomic E-state index is 0.256. The number of nitrogens with one attached hydrogen (secondary N) is 1. The van der Waals surface area contributed by atoms with Gasteiger partial charge in [0.15, 0.2) is 0 Å². The molecule has 3 aromatic rings. The van der Waals surface area contributed by atoms with Gasteiger partial charge in [0.1, 0.15) is 18.2 Å². The van der Waals surface area contributed by atoms with Crippen LogP contribution in [0.5, 0.6) is 5.75 Å². The second-order valence-corrected chi connectivity index (χ2v) is 6.71. The van der Waals surface area contributed by atoms with Crippen molar-refractivity contribution in [2.24, 2.45) is 0 Å². The van der Waals surface area contributed by atoms with Crippen LogP contribution in [0.2, 0.25) is 10.0 Å². The summed E-state index contributed by atoms with van der Waals surface area (Å²) in [6, 6.07) is 19.9. The molecular weight excluding hydrogens is 372 g/mol. The molecule has 3 aromatic carbocycles. The summed E-state index contributed by atoms with van der Waals surface area (Å²) >= 11 is 12.2. The highest BCUT2D eigenvalue weighted by Gasteiger charge is 2.08. The van der Waals surface area contributed by atoms with E-state index >= 15 is 0 Å². The number of ether oxygens (including phenoxy) is 1. The summed E-state index contributed by atoms with van der Waals surface area (Å²) in [5, 5.41) is 4.38. The summed E-state index contributed by atoms with van der Waals surface area (Å²) in [5.41, 5.74) is 2.88. The van der Waals surface area contributed by atoms with Gasteiger partial charge in [0.2, 0.25) is 0 Å². The molecule has 2 nitrogen and oxygen atoms in total. The fourth-order valence-electron chi connectivity index (χ4n) is 2.56. The highest BCUT2D eigenvalue weighted by Crippen LogP contribution is 2.25. The Morgan fingerprint density at radius 3 is 2.42 bits per heavy atom. The van der Waals surface area contributed by atoms with Crippen LogP contribution in [0, 0.1) is 5.82 Å². The fraction of sp³-hybridized carbons (Fsp3) is 0.143. The molecule has 0 saturated heterocycles. The van der Waals surface area contributed by atoms with Crippen LogP contribution in [0.15, 0.2) is 66.7 Å². The Bertz CT molecular complexity index is 871. The van der Waals surface area contributed by atoms with Crippen LogP contribution in [-0.2, 0) is 19.7 Å². The molecule has 0 heterocycles. The van der Waals surface area contributed by atoms with Gasteiger partial charge in [-0.25, -0.2) is 4.39 Å². The highest BCUT2D eigenvalue weighted by atomic mass is 35.5. The maximum absolute atomic E-state index is 13.2. The van der Waals surface area contributed by atoms with Crippen molar-refractivity contribution in [3.8, 4) is 5.75 Å². The predicted molar refractivity (Wildman–Crippen MR) is 104 cm³/mol. The third kappa shape index (κ3) is 5.21. The summed E-state index contributed by atoms with van der Waals surface area (Å²) in [7, 11) is 0. The third-order valence-corrected chi connectivity index (χ3v) is 4.50. The summed E-state index contributed by atoms with van der Waals surface area (Å²) < 4.78 is 19.0. The average Bonchev–Trinajstić information content (AvgIpc) is 2.63. The van der Waals surface area contributed by atoms with E-state index in [-0.39, 0.29) is 12.4 Å². The van der Waals surface area contributed by atoms with Crippen molar-refractivity contribution in [1.82, 2.24) is 5.32 Å². The maximum atomic E-state index is 13.2. The van der Waals surface area contributed by atoms with Gasteiger partial charge in [0, 0.05) is 29.2 Å². The lowest BCUT2D eigenvalue weighted by atomic mass is 10.1. The largest absolute Gasteiger partial charge is 0.489 e. The second kappa shape index (κ2) is 9.04. The highest BCUT2D eigenvalue weighted by molar-refractivity contribution is 6.31. The molecule has 0 atom stereocenters. The van der Waals surface area contributed by atoms with Gasteiger partial charge in [-0.2, -0.15) is 0 Å². The van der Waals surface area contributed by atoms with Crippen LogP contribution in [0.3, 0.4) is 0 Å². The Hall–Kier alpha value is -2.07. The first kappa shape index (κ1) is 18.7. The van der Waals surface area contributed by atoms with Gasteiger partial charge in [-0.05, 0) is 35.9 Å². The van der Waals surface area contributed by atoms with Crippen LogP contribution in [0.25, 0.3) is 0 Å². The van der Waals surface area contributed by atoms with E-state index in [9.17, 15) is 4.39 Å². The lowest BCUT2D eigenvalue weighted by Gasteiger charge is -2.14. The van der Waals surface area contributed by atoms with Gasteiger partial charge in [-0.3, -0.25) is 0 Å². The zero-order chi connectivity index (χ0) is 18.4. The molecule has 0 spiro atoms. The van der Waals surface area contributed by atoms with Gasteiger partial charge in [-0.15, -0.1) is 0 Å². The molecule has 0 aliphatic carbocycles. The van der Waals surface area contributed by atoms with E-state index in [4.69, 9.17) is 27.9 Å². The van der Waals surface area contributed by atoms with Crippen LogP contribution >= 0.6 is 23.2 Å². The van der Waals surface area contributed by atoms with Crippen molar-refractivity contribution in [2.45, 2.75) is 19.7 Å². The van der Waals surface area contributed by atoms with Crippen molar-refractivity contribution in [3.63, 3.8) is 0 Å². The molecule has 0 fully saturated rings. The molecule has 3 rings (SSSR count). The summed E-state index contributed by atoms with van der Waals surface area (Å²) in [6.45, 7) is 1.62. The topological polar surface area (TPSA) is 21.3 Å². The SMILES string of the molecule is Fc1ccc(COc2ccc(Cl)cc2CNCc2ccccc2)c(Cl)c1. The lowest BCUT2D eigenvalue weighted by molar-refractivity contribution is 0.302. The number of benzene rings is 3. The van der Waals surface area contributed by atoms with E-state index < -0.39 is 0 Å². The minimum atomic E-state index is -0.365.